The number of nitrogens with zero attached hydrogens (tertiary/aromatic N) is 2. The van der Waals surface area contributed by atoms with Crippen LogP contribution >= 0.6 is 0 Å². The average Bonchev–Trinajstić information content (AvgIpc) is 2.20. The summed E-state index contributed by atoms with van der Waals surface area (Å²) in [7, 11) is 4.57. The molecule has 81 valence electrons. The maximum atomic E-state index is 2.56. The molecule has 2 heteroatoms. The van der Waals surface area contributed by atoms with Crippen LogP contribution in [0.4, 0.5) is 0 Å². The van der Waals surface area contributed by atoms with Gasteiger partial charge in [-0.15, -0.1) is 0 Å². The summed E-state index contributed by atoms with van der Waals surface area (Å²) in [5.74, 6) is 0. The lowest BCUT2D eigenvalue weighted by molar-refractivity contribution is 0.0860. The molecule has 2 rings (SSSR count). The maximum Gasteiger partial charge on any atom is 0.0279 e. The van der Waals surface area contributed by atoms with E-state index in [2.05, 4.69) is 30.3 Å². The molecule has 0 aromatic rings. The average molecular weight is 195 g/mol. The zero-order chi connectivity index (χ0) is 9.97. The van der Waals surface area contributed by atoms with E-state index in [1.807, 2.05) is 0 Å². The van der Waals surface area contributed by atoms with E-state index in [4.69, 9.17) is 0 Å². The van der Waals surface area contributed by atoms with E-state index in [9.17, 15) is 0 Å². The van der Waals surface area contributed by atoms with Crippen molar-refractivity contribution in [1.82, 2.24) is 9.80 Å². The van der Waals surface area contributed by atoms with Crippen LogP contribution in [0.3, 0.4) is 0 Å². The Hall–Kier alpha value is -0.0800. The third kappa shape index (κ3) is 2.12. The Bertz CT molecular complexity index is 161. The zero-order valence-electron chi connectivity index (χ0n) is 9.58. The zero-order valence-corrected chi connectivity index (χ0v) is 9.58. The van der Waals surface area contributed by atoms with Crippen LogP contribution in [-0.2, 0) is 0 Å². The minimum Gasteiger partial charge on any atom is -0.302 e. The van der Waals surface area contributed by atoms with Crippen LogP contribution in [0.5, 0.6) is 0 Å². The Labute approximate surface area is 88.3 Å². The fourth-order valence-corrected chi connectivity index (χ4v) is 2.94. The fraction of sp³-hybridized carbons (Fsp3) is 0.917. The minimum atomic E-state index is 0.717. The summed E-state index contributed by atoms with van der Waals surface area (Å²) in [6, 6.07) is 1.50. The highest BCUT2D eigenvalue weighted by Crippen LogP contribution is 2.26. The van der Waals surface area contributed by atoms with Crippen LogP contribution in [0.15, 0.2) is 0 Å². The highest BCUT2D eigenvalue weighted by Gasteiger charge is 2.31. The Kier molecular flexibility index (Phi) is 3.45. The van der Waals surface area contributed by atoms with E-state index < -0.39 is 0 Å². The monoisotopic (exact) mass is 195 g/mol. The Morgan fingerprint density at radius 2 is 1.79 bits per heavy atom. The van der Waals surface area contributed by atoms with Crippen molar-refractivity contribution in [2.24, 2.45) is 0 Å². The first-order valence-corrected chi connectivity index (χ1v) is 6.03. The van der Waals surface area contributed by atoms with Gasteiger partial charge in [0.15, 0.2) is 0 Å². The second kappa shape index (κ2) is 4.63. The summed E-state index contributed by atoms with van der Waals surface area (Å²) >= 11 is 0. The molecule has 0 amide bonds. The molecule has 2 aliphatic heterocycles. The van der Waals surface area contributed by atoms with E-state index in [1.54, 1.807) is 0 Å². The summed E-state index contributed by atoms with van der Waals surface area (Å²) in [5, 5.41) is 0. The van der Waals surface area contributed by atoms with E-state index in [0.29, 0.717) is 6.04 Å². The third-order valence-electron chi connectivity index (χ3n) is 3.85. The first-order valence-electron chi connectivity index (χ1n) is 6.03. The summed E-state index contributed by atoms with van der Waals surface area (Å²) < 4.78 is 0. The standard InChI is InChI=1S/C12H23N2/c1-13-9-5-3-7-11(13)12-8-4-6-10-14(12)2/h7,11-12H,3-6,8-10H2,1-2H3. The van der Waals surface area contributed by atoms with Crippen molar-refractivity contribution in [3.8, 4) is 0 Å². The SMILES string of the molecule is CN1CCC[CH]C1C1CCCCN1C. The lowest BCUT2D eigenvalue weighted by atomic mass is 9.89. The number of hydrogen-bond acceptors (Lipinski definition) is 2. The Morgan fingerprint density at radius 1 is 1.00 bits per heavy atom. The van der Waals surface area contributed by atoms with Gasteiger partial charge in [-0.05, 0) is 59.3 Å². The molecule has 1 radical (unpaired) electrons. The highest BCUT2D eigenvalue weighted by atomic mass is 15.2. The van der Waals surface area contributed by atoms with Crippen molar-refractivity contribution in [2.45, 2.75) is 44.2 Å². The quantitative estimate of drug-likeness (QED) is 0.629. The molecular weight excluding hydrogens is 172 g/mol. The van der Waals surface area contributed by atoms with Gasteiger partial charge in [-0.25, -0.2) is 0 Å². The molecule has 0 aromatic carbocycles. The molecular formula is C12H23N2. The van der Waals surface area contributed by atoms with Gasteiger partial charge in [0.25, 0.3) is 0 Å². The van der Waals surface area contributed by atoms with Crippen LogP contribution in [0, 0.1) is 6.42 Å². The molecule has 0 spiro atoms. The largest absolute Gasteiger partial charge is 0.302 e. The molecule has 0 aliphatic carbocycles. The fourth-order valence-electron chi connectivity index (χ4n) is 2.94. The molecule has 0 saturated carbocycles. The van der Waals surface area contributed by atoms with Crippen molar-refractivity contribution < 1.29 is 0 Å². The third-order valence-corrected chi connectivity index (χ3v) is 3.85. The molecule has 2 heterocycles. The van der Waals surface area contributed by atoms with Crippen molar-refractivity contribution in [3.63, 3.8) is 0 Å². The van der Waals surface area contributed by atoms with Crippen molar-refractivity contribution in [3.05, 3.63) is 6.42 Å². The molecule has 2 aliphatic rings. The van der Waals surface area contributed by atoms with Gasteiger partial charge in [0.05, 0.1) is 0 Å². The number of rotatable bonds is 1. The maximum absolute atomic E-state index is 2.56. The van der Waals surface area contributed by atoms with Crippen molar-refractivity contribution in [1.29, 1.82) is 0 Å². The van der Waals surface area contributed by atoms with Gasteiger partial charge in [-0.2, -0.15) is 0 Å². The smallest absolute Gasteiger partial charge is 0.0279 e. The molecule has 14 heavy (non-hydrogen) atoms. The number of likely N-dealkylation sites (N-methyl/N-ethyl adjacent to an activating group) is 2. The van der Waals surface area contributed by atoms with Gasteiger partial charge in [-0.1, -0.05) is 6.42 Å². The number of piperidine rings is 2. The summed E-state index contributed by atoms with van der Waals surface area (Å²) in [6.45, 7) is 2.58. The first kappa shape index (κ1) is 10.4. The lowest BCUT2D eigenvalue weighted by Gasteiger charge is -2.44. The lowest BCUT2D eigenvalue weighted by Crippen LogP contribution is -2.53. The number of hydrogen-bond donors (Lipinski definition) is 0. The van der Waals surface area contributed by atoms with E-state index in [-0.39, 0.29) is 0 Å². The van der Waals surface area contributed by atoms with Gasteiger partial charge < -0.3 is 9.80 Å². The molecule has 2 nitrogen and oxygen atoms in total. The predicted octanol–water partition coefficient (Wildman–Crippen LogP) is 1.77. The minimum absolute atomic E-state index is 0.717. The van der Waals surface area contributed by atoms with E-state index in [1.165, 1.54) is 45.2 Å². The van der Waals surface area contributed by atoms with Gasteiger partial charge in [0.2, 0.25) is 0 Å². The van der Waals surface area contributed by atoms with Crippen LogP contribution in [-0.4, -0.2) is 49.1 Å². The van der Waals surface area contributed by atoms with Crippen molar-refractivity contribution in [2.75, 3.05) is 27.2 Å². The van der Waals surface area contributed by atoms with Crippen LogP contribution in [0.1, 0.15) is 32.1 Å². The normalized spacial score (nSPS) is 37.3. The molecule has 2 unspecified atom stereocenters. The Balaban J connectivity index is 1.96. The van der Waals surface area contributed by atoms with Gasteiger partial charge in [-0.3, -0.25) is 0 Å². The topological polar surface area (TPSA) is 6.48 Å². The number of likely N-dealkylation sites (tertiary alicyclic amines) is 2. The Morgan fingerprint density at radius 3 is 2.50 bits per heavy atom. The van der Waals surface area contributed by atoms with Gasteiger partial charge >= 0.3 is 0 Å². The van der Waals surface area contributed by atoms with Crippen LogP contribution in [0.2, 0.25) is 0 Å². The second-order valence-corrected chi connectivity index (χ2v) is 4.89. The molecule has 2 atom stereocenters. The summed E-state index contributed by atoms with van der Waals surface area (Å²) in [6.07, 6.45) is 9.41. The molecule has 2 saturated heterocycles. The van der Waals surface area contributed by atoms with Gasteiger partial charge in [0, 0.05) is 12.1 Å². The predicted molar refractivity (Wildman–Crippen MR) is 60.2 cm³/mol. The van der Waals surface area contributed by atoms with E-state index in [0.717, 1.165) is 6.04 Å². The van der Waals surface area contributed by atoms with Crippen LogP contribution < -0.4 is 0 Å². The van der Waals surface area contributed by atoms with E-state index >= 15 is 0 Å². The molecule has 0 bridgehead atoms. The van der Waals surface area contributed by atoms with Crippen LogP contribution in [0.25, 0.3) is 0 Å². The molecule has 0 N–H and O–H groups in total. The molecule has 2 fully saturated rings. The van der Waals surface area contributed by atoms with Crippen molar-refractivity contribution >= 4 is 0 Å². The summed E-state index contributed by atoms with van der Waals surface area (Å²) in [4.78, 5) is 5.10. The highest BCUT2D eigenvalue weighted by molar-refractivity contribution is 4.98. The first-order chi connectivity index (χ1) is 6.79. The van der Waals surface area contributed by atoms with Gasteiger partial charge in [0.1, 0.15) is 0 Å². The molecule has 0 aromatic heterocycles. The second-order valence-electron chi connectivity index (χ2n) is 4.89. The summed E-state index contributed by atoms with van der Waals surface area (Å²) in [5.41, 5.74) is 0.